The molecular formula is C15H9F2N3O2. The molecule has 0 bridgehead atoms. The highest BCUT2D eigenvalue weighted by Crippen LogP contribution is 2.17. The van der Waals surface area contributed by atoms with Crippen molar-refractivity contribution in [1.82, 2.24) is 10.2 Å². The van der Waals surface area contributed by atoms with E-state index in [1.54, 1.807) is 12.1 Å². The van der Waals surface area contributed by atoms with Crippen LogP contribution in [-0.2, 0) is 0 Å². The zero-order chi connectivity index (χ0) is 15.5. The van der Waals surface area contributed by atoms with E-state index in [2.05, 4.69) is 15.5 Å². The van der Waals surface area contributed by atoms with Gasteiger partial charge in [-0.25, -0.2) is 8.78 Å². The molecule has 1 heterocycles. The van der Waals surface area contributed by atoms with Gasteiger partial charge >= 0.3 is 6.01 Å². The summed E-state index contributed by atoms with van der Waals surface area (Å²) < 4.78 is 31.2. The minimum atomic E-state index is -1.12. The molecular weight excluding hydrogens is 292 g/mol. The second-order valence-electron chi connectivity index (χ2n) is 4.36. The molecule has 110 valence electrons. The van der Waals surface area contributed by atoms with E-state index < -0.39 is 17.4 Å². The average Bonchev–Trinajstić information content (AvgIpc) is 2.99. The molecule has 0 radical (unpaired) electrons. The summed E-state index contributed by atoms with van der Waals surface area (Å²) in [6.07, 6.45) is 0. The van der Waals surface area contributed by atoms with Crippen molar-refractivity contribution in [2.24, 2.45) is 0 Å². The molecule has 7 heteroatoms. The summed E-state index contributed by atoms with van der Waals surface area (Å²) in [5.74, 6) is -3.15. The van der Waals surface area contributed by atoms with Crippen LogP contribution >= 0.6 is 0 Å². The Bertz CT molecular complexity index is 819. The monoisotopic (exact) mass is 301 g/mol. The van der Waals surface area contributed by atoms with Crippen LogP contribution < -0.4 is 5.32 Å². The van der Waals surface area contributed by atoms with Crippen LogP contribution in [0.1, 0.15) is 16.2 Å². The molecule has 0 aliphatic carbocycles. The molecule has 0 amide bonds. The van der Waals surface area contributed by atoms with E-state index in [4.69, 9.17) is 4.42 Å². The number of rotatable bonds is 4. The molecule has 0 saturated carbocycles. The number of benzene rings is 2. The molecule has 1 N–H and O–H groups in total. The predicted octanol–water partition coefficient (Wildman–Crippen LogP) is 3.32. The fraction of sp³-hybridized carbons (Fsp3) is 0. The highest BCUT2D eigenvalue weighted by atomic mass is 19.2. The fourth-order valence-electron chi connectivity index (χ4n) is 1.77. The number of hydrogen-bond acceptors (Lipinski definition) is 5. The third kappa shape index (κ3) is 2.83. The number of hydrogen-bond donors (Lipinski definition) is 1. The SMILES string of the molecule is O=C(c1ccc(F)c(F)c1)c1nnc(Nc2ccccc2)o1. The summed E-state index contributed by atoms with van der Waals surface area (Å²) in [4.78, 5) is 12.1. The van der Waals surface area contributed by atoms with Crippen LogP contribution in [0.4, 0.5) is 20.5 Å². The van der Waals surface area contributed by atoms with Crippen molar-refractivity contribution < 1.29 is 18.0 Å². The van der Waals surface area contributed by atoms with Gasteiger partial charge in [-0.15, -0.1) is 5.10 Å². The van der Waals surface area contributed by atoms with Crippen molar-refractivity contribution in [3.05, 3.63) is 71.6 Å². The summed E-state index contributed by atoms with van der Waals surface area (Å²) in [7, 11) is 0. The smallest absolute Gasteiger partial charge is 0.320 e. The number of nitrogens with zero attached hydrogens (tertiary/aromatic N) is 2. The summed E-state index contributed by atoms with van der Waals surface area (Å²) >= 11 is 0. The molecule has 1 aromatic heterocycles. The standard InChI is InChI=1S/C15H9F2N3O2/c16-11-7-6-9(8-12(11)17)13(21)14-19-20-15(22-14)18-10-4-2-1-3-5-10/h1-8H,(H,18,20). The summed E-state index contributed by atoms with van der Waals surface area (Å²) in [6, 6.07) is 11.8. The van der Waals surface area contributed by atoms with Crippen LogP contribution in [0, 0.1) is 11.6 Å². The maximum Gasteiger partial charge on any atom is 0.320 e. The number of anilines is 2. The van der Waals surface area contributed by atoms with Crippen molar-refractivity contribution in [2.75, 3.05) is 5.32 Å². The van der Waals surface area contributed by atoms with Gasteiger partial charge in [-0.3, -0.25) is 4.79 Å². The molecule has 0 fully saturated rings. The van der Waals surface area contributed by atoms with E-state index in [0.29, 0.717) is 5.69 Å². The molecule has 2 aromatic carbocycles. The van der Waals surface area contributed by atoms with Crippen LogP contribution in [0.5, 0.6) is 0 Å². The molecule has 0 atom stereocenters. The summed E-state index contributed by atoms with van der Waals surface area (Å²) in [6.45, 7) is 0. The van der Waals surface area contributed by atoms with E-state index in [9.17, 15) is 13.6 Å². The molecule has 3 aromatic rings. The minimum absolute atomic E-state index is 0.0251. The first-order chi connectivity index (χ1) is 10.6. The van der Waals surface area contributed by atoms with Gasteiger partial charge in [-0.2, -0.15) is 0 Å². The van der Waals surface area contributed by atoms with Gasteiger partial charge in [0.2, 0.25) is 5.78 Å². The first kappa shape index (κ1) is 13.9. The lowest BCUT2D eigenvalue weighted by atomic mass is 10.1. The lowest BCUT2D eigenvalue weighted by Crippen LogP contribution is -2.03. The first-order valence-electron chi connectivity index (χ1n) is 6.29. The normalized spacial score (nSPS) is 10.5. The van der Waals surface area contributed by atoms with Gasteiger partial charge in [0.1, 0.15) is 0 Å². The van der Waals surface area contributed by atoms with Crippen molar-refractivity contribution >= 4 is 17.5 Å². The van der Waals surface area contributed by atoms with Gasteiger partial charge in [-0.05, 0) is 30.3 Å². The Balaban J connectivity index is 1.81. The van der Waals surface area contributed by atoms with Crippen molar-refractivity contribution in [2.45, 2.75) is 0 Å². The number of aromatic nitrogens is 2. The highest BCUT2D eigenvalue weighted by Gasteiger charge is 2.18. The van der Waals surface area contributed by atoms with Crippen LogP contribution in [0.15, 0.2) is 52.9 Å². The van der Waals surface area contributed by atoms with Crippen molar-refractivity contribution in [3.8, 4) is 0 Å². The average molecular weight is 301 g/mol. The molecule has 5 nitrogen and oxygen atoms in total. The maximum atomic E-state index is 13.1. The fourth-order valence-corrected chi connectivity index (χ4v) is 1.77. The Morgan fingerprint density at radius 2 is 1.77 bits per heavy atom. The summed E-state index contributed by atoms with van der Waals surface area (Å²) in [5, 5.41) is 10.1. The topological polar surface area (TPSA) is 68.0 Å². The first-order valence-corrected chi connectivity index (χ1v) is 6.29. The zero-order valence-electron chi connectivity index (χ0n) is 11.1. The third-order valence-electron chi connectivity index (χ3n) is 2.83. The van der Waals surface area contributed by atoms with Crippen molar-refractivity contribution in [1.29, 1.82) is 0 Å². The van der Waals surface area contributed by atoms with E-state index in [1.807, 2.05) is 18.2 Å². The van der Waals surface area contributed by atoms with Crippen LogP contribution in [0.25, 0.3) is 0 Å². The Morgan fingerprint density at radius 1 is 1.00 bits per heavy atom. The Labute approximate surface area is 123 Å². The molecule has 0 unspecified atom stereocenters. The molecule has 22 heavy (non-hydrogen) atoms. The minimum Gasteiger partial charge on any atom is -0.400 e. The lowest BCUT2D eigenvalue weighted by molar-refractivity contribution is 0.100. The van der Waals surface area contributed by atoms with Gasteiger partial charge in [-0.1, -0.05) is 23.3 Å². The van der Waals surface area contributed by atoms with E-state index in [-0.39, 0.29) is 17.5 Å². The second kappa shape index (κ2) is 5.72. The molecule has 0 aliphatic heterocycles. The second-order valence-corrected chi connectivity index (χ2v) is 4.36. The van der Waals surface area contributed by atoms with Gasteiger partial charge in [0.15, 0.2) is 11.6 Å². The third-order valence-corrected chi connectivity index (χ3v) is 2.83. The zero-order valence-corrected chi connectivity index (χ0v) is 11.1. The maximum absolute atomic E-state index is 13.1. The Hall–Kier alpha value is -3.09. The molecule has 3 rings (SSSR count). The number of nitrogens with one attached hydrogen (secondary N) is 1. The lowest BCUT2D eigenvalue weighted by Gasteiger charge is -1.99. The largest absolute Gasteiger partial charge is 0.400 e. The quantitative estimate of drug-likeness (QED) is 0.749. The molecule has 0 aliphatic rings. The summed E-state index contributed by atoms with van der Waals surface area (Å²) in [5.41, 5.74) is 0.631. The number of carbonyl (C=O) groups excluding carboxylic acids is 1. The predicted molar refractivity (Wildman–Crippen MR) is 73.8 cm³/mol. The molecule has 0 spiro atoms. The van der Waals surface area contributed by atoms with Crippen LogP contribution in [0.3, 0.4) is 0 Å². The Kier molecular flexibility index (Phi) is 3.61. The van der Waals surface area contributed by atoms with E-state index in [1.165, 1.54) is 0 Å². The number of ketones is 1. The highest BCUT2D eigenvalue weighted by molar-refractivity contribution is 6.05. The van der Waals surface area contributed by atoms with Crippen molar-refractivity contribution in [3.63, 3.8) is 0 Å². The van der Waals surface area contributed by atoms with E-state index >= 15 is 0 Å². The number of para-hydroxylation sites is 1. The van der Waals surface area contributed by atoms with E-state index in [0.717, 1.165) is 18.2 Å². The van der Waals surface area contributed by atoms with Crippen LogP contribution in [0.2, 0.25) is 0 Å². The van der Waals surface area contributed by atoms with Crippen LogP contribution in [-0.4, -0.2) is 16.0 Å². The van der Waals surface area contributed by atoms with Gasteiger partial charge < -0.3 is 9.73 Å². The van der Waals surface area contributed by atoms with Gasteiger partial charge in [0, 0.05) is 11.3 Å². The number of carbonyl (C=O) groups is 1. The van der Waals surface area contributed by atoms with Gasteiger partial charge in [0.25, 0.3) is 5.89 Å². The molecule has 0 saturated heterocycles. The number of halogens is 2. The van der Waals surface area contributed by atoms with Gasteiger partial charge in [0.05, 0.1) is 0 Å². The Morgan fingerprint density at radius 3 is 2.50 bits per heavy atom.